The van der Waals surface area contributed by atoms with Crippen molar-refractivity contribution in [1.29, 1.82) is 0 Å². The van der Waals surface area contributed by atoms with Crippen LogP contribution in [0, 0.1) is 6.92 Å². The number of amides is 1. The van der Waals surface area contributed by atoms with Crippen molar-refractivity contribution in [3.63, 3.8) is 0 Å². The molecule has 0 unspecified atom stereocenters. The van der Waals surface area contributed by atoms with E-state index >= 15 is 0 Å². The fraction of sp³-hybridized carbons (Fsp3) is 0.348. The minimum absolute atomic E-state index is 0.0343. The standard InChI is InChI=1S/C23H28N2O2/c1-3-27-22-9-5-7-19(15-22)16-24-23(26)21-10-12-25(13-11-21)17-20-8-4-6-18(2)14-20/h4-10,14-15H,3,11-13,16-17H2,1-2H3,(H,24,26). The number of nitrogens with zero attached hydrogens (tertiary/aromatic N) is 1. The van der Waals surface area contributed by atoms with Crippen LogP contribution in [0.1, 0.15) is 30.0 Å². The van der Waals surface area contributed by atoms with Crippen LogP contribution in [0.4, 0.5) is 0 Å². The van der Waals surface area contributed by atoms with Gasteiger partial charge in [-0.25, -0.2) is 0 Å². The minimum atomic E-state index is 0.0343. The van der Waals surface area contributed by atoms with Crippen molar-refractivity contribution in [3.05, 3.63) is 76.9 Å². The van der Waals surface area contributed by atoms with E-state index in [0.717, 1.165) is 42.9 Å². The maximum atomic E-state index is 12.5. The molecular formula is C23H28N2O2. The van der Waals surface area contributed by atoms with Crippen LogP contribution in [0.15, 0.2) is 60.2 Å². The molecule has 0 fully saturated rings. The van der Waals surface area contributed by atoms with Crippen molar-refractivity contribution in [2.75, 3.05) is 19.7 Å². The summed E-state index contributed by atoms with van der Waals surface area (Å²) in [4.78, 5) is 14.8. The molecule has 1 aliphatic heterocycles. The largest absolute Gasteiger partial charge is 0.494 e. The number of hydrogen-bond acceptors (Lipinski definition) is 3. The minimum Gasteiger partial charge on any atom is -0.494 e. The van der Waals surface area contributed by atoms with Crippen molar-refractivity contribution in [2.24, 2.45) is 0 Å². The third-order valence-corrected chi connectivity index (χ3v) is 4.74. The highest BCUT2D eigenvalue weighted by atomic mass is 16.5. The highest BCUT2D eigenvalue weighted by Gasteiger charge is 2.17. The molecule has 4 nitrogen and oxygen atoms in total. The Balaban J connectivity index is 1.50. The van der Waals surface area contributed by atoms with Gasteiger partial charge in [0.1, 0.15) is 5.75 Å². The molecule has 0 spiro atoms. The molecule has 1 N–H and O–H groups in total. The average molecular weight is 364 g/mol. The van der Waals surface area contributed by atoms with E-state index < -0.39 is 0 Å². The predicted octanol–water partition coefficient (Wildman–Crippen LogP) is 3.84. The Morgan fingerprint density at radius 3 is 2.70 bits per heavy atom. The van der Waals surface area contributed by atoms with E-state index in [9.17, 15) is 4.79 Å². The van der Waals surface area contributed by atoms with Gasteiger partial charge in [0.25, 0.3) is 0 Å². The lowest BCUT2D eigenvalue weighted by Crippen LogP contribution is -2.33. The quantitative estimate of drug-likeness (QED) is 0.812. The van der Waals surface area contributed by atoms with Gasteiger partial charge in [-0.05, 0) is 43.5 Å². The summed E-state index contributed by atoms with van der Waals surface area (Å²) in [5, 5.41) is 3.03. The third kappa shape index (κ3) is 5.69. The normalized spacial score (nSPS) is 14.5. The van der Waals surface area contributed by atoms with Crippen LogP contribution < -0.4 is 10.1 Å². The number of nitrogens with one attached hydrogen (secondary N) is 1. The van der Waals surface area contributed by atoms with Crippen LogP contribution in [-0.2, 0) is 17.9 Å². The van der Waals surface area contributed by atoms with Crippen molar-refractivity contribution in [3.8, 4) is 5.75 Å². The Hall–Kier alpha value is -2.59. The first kappa shape index (κ1) is 19.2. The number of carbonyl (C=O) groups is 1. The first-order valence-electron chi connectivity index (χ1n) is 9.61. The van der Waals surface area contributed by atoms with Crippen LogP contribution in [0.2, 0.25) is 0 Å². The third-order valence-electron chi connectivity index (χ3n) is 4.74. The van der Waals surface area contributed by atoms with E-state index in [1.807, 2.05) is 31.2 Å². The van der Waals surface area contributed by atoms with Gasteiger partial charge < -0.3 is 10.1 Å². The lowest BCUT2D eigenvalue weighted by molar-refractivity contribution is -0.117. The summed E-state index contributed by atoms with van der Waals surface area (Å²) in [7, 11) is 0. The summed E-state index contributed by atoms with van der Waals surface area (Å²) in [6, 6.07) is 16.5. The predicted molar refractivity (Wildman–Crippen MR) is 109 cm³/mol. The Morgan fingerprint density at radius 1 is 1.15 bits per heavy atom. The summed E-state index contributed by atoms with van der Waals surface area (Å²) < 4.78 is 5.51. The molecule has 142 valence electrons. The molecule has 1 heterocycles. The van der Waals surface area contributed by atoms with Crippen molar-refractivity contribution in [1.82, 2.24) is 10.2 Å². The lowest BCUT2D eigenvalue weighted by Gasteiger charge is -2.26. The lowest BCUT2D eigenvalue weighted by atomic mass is 10.1. The monoisotopic (exact) mass is 364 g/mol. The van der Waals surface area contributed by atoms with Crippen molar-refractivity contribution < 1.29 is 9.53 Å². The van der Waals surface area contributed by atoms with E-state index in [1.165, 1.54) is 11.1 Å². The van der Waals surface area contributed by atoms with Crippen LogP contribution in [0.3, 0.4) is 0 Å². The van der Waals surface area contributed by atoms with Crippen LogP contribution in [0.5, 0.6) is 5.75 Å². The van der Waals surface area contributed by atoms with Crippen LogP contribution in [0.25, 0.3) is 0 Å². The van der Waals surface area contributed by atoms with Gasteiger partial charge in [0.15, 0.2) is 0 Å². The summed E-state index contributed by atoms with van der Waals surface area (Å²) in [5.74, 6) is 0.875. The molecule has 0 saturated heterocycles. The van der Waals surface area contributed by atoms with E-state index in [1.54, 1.807) is 0 Å². The molecule has 2 aromatic carbocycles. The summed E-state index contributed by atoms with van der Waals surface area (Å²) in [5.41, 5.74) is 4.54. The molecule has 0 saturated carbocycles. The molecule has 0 radical (unpaired) electrons. The molecule has 4 heteroatoms. The molecule has 2 aromatic rings. The molecule has 1 amide bonds. The zero-order valence-electron chi connectivity index (χ0n) is 16.2. The van der Waals surface area contributed by atoms with Gasteiger partial charge in [-0.1, -0.05) is 48.0 Å². The molecule has 0 atom stereocenters. The van der Waals surface area contributed by atoms with Gasteiger partial charge in [0.05, 0.1) is 6.61 Å². The van der Waals surface area contributed by atoms with Gasteiger partial charge in [0.2, 0.25) is 5.91 Å². The second-order valence-corrected chi connectivity index (χ2v) is 6.97. The number of benzene rings is 2. The van der Waals surface area contributed by atoms with Gasteiger partial charge in [-0.3, -0.25) is 9.69 Å². The molecule has 1 aliphatic rings. The Labute approximate surface area is 161 Å². The Bertz CT molecular complexity index is 814. The summed E-state index contributed by atoms with van der Waals surface area (Å²) in [6.07, 6.45) is 2.85. The Kier molecular flexibility index (Phi) is 6.66. The molecule has 0 aliphatic carbocycles. The smallest absolute Gasteiger partial charge is 0.247 e. The van der Waals surface area contributed by atoms with Crippen LogP contribution in [-0.4, -0.2) is 30.5 Å². The van der Waals surface area contributed by atoms with E-state index in [2.05, 4.69) is 47.5 Å². The Morgan fingerprint density at radius 2 is 1.96 bits per heavy atom. The molecular weight excluding hydrogens is 336 g/mol. The topological polar surface area (TPSA) is 41.6 Å². The molecule has 0 bridgehead atoms. The number of carbonyl (C=O) groups excluding carboxylic acids is 1. The average Bonchev–Trinajstić information content (AvgIpc) is 2.67. The van der Waals surface area contributed by atoms with Gasteiger partial charge in [-0.2, -0.15) is 0 Å². The second-order valence-electron chi connectivity index (χ2n) is 6.97. The van der Waals surface area contributed by atoms with E-state index in [0.29, 0.717) is 13.2 Å². The summed E-state index contributed by atoms with van der Waals surface area (Å²) in [6.45, 7) is 7.89. The fourth-order valence-electron chi connectivity index (χ4n) is 3.34. The number of hydrogen-bond donors (Lipinski definition) is 1. The maximum Gasteiger partial charge on any atom is 0.247 e. The molecule has 0 aromatic heterocycles. The van der Waals surface area contributed by atoms with Gasteiger partial charge >= 0.3 is 0 Å². The zero-order valence-corrected chi connectivity index (χ0v) is 16.2. The van der Waals surface area contributed by atoms with Crippen molar-refractivity contribution in [2.45, 2.75) is 33.4 Å². The highest BCUT2D eigenvalue weighted by Crippen LogP contribution is 2.16. The van der Waals surface area contributed by atoms with Gasteiger partial charge in [-0.15, -0.1) is 0 Å². The number of rotatable bonds is 7. The van der Waals surface area contributed by atoms with E-state index in [-0.39, 0.29) is 5.91 Å². The zero-order chi connectivity index (χ0) is 19.1. The van der Waals surface area contributed by atoms with Gasteiger partial charge in [0, 0.05) is 31.8 Å². The second kappa shape index (κ2) is 9.38. The first-order chi connectivity index (χ1) is 13.1. The van der Waals surface area contributed by atoms with Crippen LogP contribution >= 0.6 is 0 Å². The van der Waals surface area contributed by atoms with Crippen molar-refractivity contribution >= 4 is 5.91 Å². The van der Waals surface area contributed by atoms with E-state index in [4.69, 9.17) is 4.74 Å². The molecule has 27 heavy (non-hydrogen) atoms. The SMILES string of the molecule is CCOc1cccc(CNC(=O)C2=CCN(Cc3cccc(C)c3)CC2)c1. The maximum absolute atomic E-state index is 12.5. The number of ether oxygens (including phenoxy) is 1. The fourth-order valence-corrected chi connectivity index (χ4v) is 3.34. The molecule has 3 rings (SSSR count). The summed E-state index contributed by atoms with van der Waals surface area (Å²) >= 11 is 0. The number of aryl methyl sites for hydroxylation is 1. The first-order valence-corrected chi connectivity index (χ1v) is 9.61. The highest BCUT2D eigenvalue weighted by molar-refractivity contribution is 5.93.